The highest BCUT2D eigenvalue weighted by Gasteiger charge is 2.37. The van der Waals surface area contributed by atoms with Gasteiger partial charge in [-0.2, -0.15) is 4.98 Å². The number of aliphatic imine (C=N–C) groups is 1. The topological polar surface area (TPSA) is 109 Å². The number of nitrogens with one attached hydrogen (secondary N) is 1. The highest BCUT2D eigenvalue weighted by Crippen LogP contribution is 2.41. The van der Waals surface area contributed by atoms with Gasteiger partial charge < -0.3 is 9.47 Å². The molecule has 9 nitrogen and oxygen atoms in total. The van der Waals surface area contributed by atoms with Gasteiger partial charge >= 0.3 is 0 Å². The molecule has 2 heterocycles. The molecule has 9 heteroatoms. The van der Waals surface area contributed by atoms with E-state index in [1.165, 1.54) is 11.1 Å². The van der Waals surface area contributed by atoms with E-state index in [-0.39, 0.29) is 41.1 Å². The van der Waals surface area contributed by atoms with E-state index >= 15 is 0 Å². The number of rotatable bonds is 6. The second-order valence-electron chi connectivity index (χ2n) is 17.3. The van der Waals surface area contributed by atoms with Gasteiger partial charge in [0.2, 0.25) is 11.6 Å². The molecule has 3 N–H and O–H groups in total. The Morgan fingerprint density at radius 2 is 1.58 bits per heavy atom. The van der Waals surface area contributed by atoms with Crippen LogP contribution in [-0.2, 0) is 4.74 Å². The molecular weight excluding hydrogens is 711 g/mol. The van der Waals surface area contributed by atoms with Crippen LogP contribution in [0.2, 0.25) is 0 Å². The number of aryl methyl sites for hydroxylation is 2. The standard InChI is InChI=1S/C29H37N4O4.C15H25N.C4H10/c1-18(2)37-26-14-6-5-13-23-21-11-8-12-22(15-21)33(34,35)32-29-30-25(16-27(31-29)36-17-24(23)26)28-19(3)9-7-10-20(28)4;1-8-10-16-13(4)14(9-2)11-12(3)15(5,6)7;1-4(2)3/h7-12,15-16,18,23-24,26,34-35H,5-6,13-14,17H2,1-4H3,(H,30,31,32);8-11H,1-7H3;4H,1-3H3/q+1;;/b;10-8-,12-11+,14-9-,16-13-;. The molecule has 1 saturated carbocycles. The number of hydrogen-bond donors (Lipinski definition) is 3. The third-order valence-electron chi connectivity index (χ3n) is 10.2. The van der Waals surface area contributed by atoms with Crippen molar-refractivity contribution in [2.45, 2.75) is 141 Å². The highest BCUT2D eigenvalue weighted by atomic mass is 16.9. The van der Waals surface area contributed by atoms with Crippen LogP contribution in [0.3, 0.4) is 0 Å². The van der Waals surface area contributed by atoms with Gasteiger partial charge in [0.05, 0.1) is 29.4 Å². The molecule has 57 heavy (non-hydrogen) atoms. The zero-order valence-corrected chi connectivity index (χ0v) is 37.4. The van der Waals surface area contributed by atoms with Gasteiger partial charge in [-0.15, -0.1) is 15.8 Å². The molecule has 0 amide bonds. The average molecular weight is 783 g/mol. The number of allylic oxidation sites excluding steroid dienone is 5. The van der Waals surface area contributed by atoms with Crippen molar-refractivity contribution in [3.63, 3.8) is 0 Å². The fourth-order valence-electron chi connectivity index (χ4n) is 6.89. The molecule has 0 radical (unpaired) electrons. The van der Waals surface area contributed by atoms with Crippen LogP contribution in [0.5, 0.6) is 5.88 Å². The molecule has 0 spiro atoms. The molecule has 1 aliphatic heterocycles. The number of benzene rings is 2. The summed E-state index contributed by atoms with van der Waals surface area (Å²) >= 11 is 0. The molecule has 0 saturated heterocycles. The van der Waals surface area contributed by atoms with E-state index in [0.717, 1.165) is 59.6 Å². The number of ether oxygens (including phenoxy) is 2. The SMILES string of the molecule is CC(C)C.C\C=C/N=C(C)\C(=C/C)\C=C(/C)C(C)(C)C.Cc1cccc(C)c1-c1cc2nc(n1)N[N+](O)(O)c1cccc(c1)C1CCCCC(OC(C)C)C1CO2. The van der Waals surface area contributed by atoms with Crippen LogP contribution < -0.4 is 15.1 Å². The Morgan fingerprint density at radius 3 is 2.18 bits per heavy atom. The Kier molecular flexibility index (Phi) is 17.9. The minimum absolute atomic E-state index is 0.0270. The van der Waals surface area contributed by atoms with E-state index in [1.54, 1.807) is 6.07 Å². The first-order chi connectivity index (χ1) is 26.8. The second-order valence-corrected chi connectivity index (χ2v) is 17.3. The zero-order valence-electron chi connectivity index (χ0n) is 37.4. The van der Waals surface area contributed by atoms with Crippen molar-refractivity contribution in [2.75, 3.05) is 12.0 Å². The maximum absolute atomic E-state index is 11.1. The Morgan fingerprint density at radius 1 is 0.947 bits per heavy atom. The lowest BCUT2D eigenvalue weighted by Crippen LogP contribution is -2.48. The van der Waals surface area contributed by atoms with Gasteiger partial charge in [-0.05, 0) is 108 Å². The van der Waals surface area contributed by atoms with E-state index in [2.05, 4.69) is 108 Å². The summed E-state index contributed by atoms with van der Waals surface area (Å²) in [6.45, 7) is 30.1. The number of quaternary nitrogens is 1. The van der Waals surface area contributed by atoms with Gasteiger partial charge in [0.25, 0.3) is 5.95 Å². The van der Waals surface area contributed by atoms with Gasteiger partial charge in [-0.25, -0.2) is 4.98 Å². The first-order valence-electron chi connectivity index (χ1n) is 20.8. The van der Waals surface area contributed by atoms with Crippen molar-refractivity contribution < 1.29 is 19.9 Å². The number of nitrogens with zero attached hydrogens (tertiary/aromatic N) is 4. The van der Waals surface area contributed by atoms with Crippen molar-refractivity contribution in [1.82, 2.24) is 14.9 Å². The predicted molar refractivity (Wildman–Crippen MR) is 238 cm³/mol. The number of anilines is 1. The molecule has 3 atom stereocenters. The zero-order chi connectivity index (χ0) is 42.5. The highest BCUT2D eigenvalue weighted by molar-refractivity contribution is 6.01. The smallest absolute Gasteiger partial charge is 0.279 e. The molecule has 2 aromatic carbocycles. The van der Waals surface area contributed by atoms with Crippen LogP contribution in [0.1, 0.15) is 131 Å². The molecule has 3 aromatic rings. The summed E-state index contributed by atoms with van der Waals surface area (Å²) in [6, 6.07) is 15.4. The fourth-order valence-corrected chi connectivity index (χ4v) is 6.89. The monoisotopic (exact) mass is 783 g/mol. The fraction of sp³-hybridized carbons (Fsp3) is 0.521. The van der Waals surface area contributed by atoms with Crippen molar-refractivity contribution in [2.24, 2.45) is 22.2 Å². The van der Waals surface area contributed by atoms with E-state index in [4.69, 9.17) is 9.47 Å². The normalized spacial score (nSPS) is 20.1. The summed E-state index contributed by atoms with van der Waals surface area (Å²) in [7, 11) is 0. The van der Waals surface area contributed by atoms with Crippen molar-refractivity contribution >= 4 is 17.3 Å². The summed E-state index contributed by atoms with van der Waals surface area (Å²) in [6.07, 6.45) is 12.3. The van der Waals surface area contributed by atoms with Gasteiger partial charge in [0.1, 0.15) is 0 Å². The van der Waals surface area contributed by atoms with Gasteiger partial charge in [-0.1, -0.05) is 109 Å². The van der Waals surface area contributed by atoms with Crippen LogP contribution in [0.25, 0.3) is 11.3 Å². The summed E-state index contributed by atoms with van der Waals surface area (Å²) in [4.78, 5) is 12.0. The third kappa shape index (κ3) is 14.3. The van der Waals surface area contributed by atoms with Gasteiger partial charge in [0.15, 0.2) is 0 Å². The lowest BCUT2D eigenvalue weighted by atomic mass is 9.81. The van der Waals surface area contributed by atoms with Crippen LogP contribution in [0, 0.1) is 31.1 Å². The molecule has 2 aliphatic rings. The Labute approximate surface area is 344 Å². The van der Waals surface area contributed by atoms with E-state index in [9.17, 15) is 10.4 Å². The Balaban J connectivity index is 0.000000365. The average Bonchev–Trinajstić information content (AvgIpc) is 3.32. The molecule has 1 aliphatic carbocycles. The maximum atomic E-state index is 11.1. The van der Waals surface area contributed by atoms with E-state index in [1.807, 2.05) is 76.4 Å². The number of hydrogen-bond acceptors (Lipinski definition) is 8. The summed E-state index contributed by atoms with van der Waals surface area (Å²) < 4.78 is 12.8. The van der Waals surface area contributed by atoms with Crippen molar-refractivity contribution in [1.29, 1.82) is 0 Å². The molecule has 1 fully saturated rings. The van der Waals surface area contributed by atoms with E-state index < -0.39 is 4.92 Å². The lowest BCUT2D eigenvalue weighted by Gasteiger charge is -2.33. The van der Waals surface area contributed by atoms with Crippen LogP contribution in [-0.4, -0.2) is 44.9 Å². The van der Waals surface area contributed by atoms with Gasteiger partial charge in [-0.3, -0.25) is 4.99 Å². The minimum Gasteiger partial charge on any atom is -0.477 e. The molecule has 1 aromatic heterocycles. The Bertz CT molecular complexity index is 1850. The quantitative estimate of drug-likeness (QED) is 0.130. The molecule has 312 valence electrons. The minimum atomic E-state index is -1.58. The summed E-state index contributed by atoms with van der Waals surface area (Å²) in [5.41, 5.74) is 11.6. The first kappa shape index (κ1) is 47.2. The Hall–Kier alpha value is -4.15. The second kappa shape index (κ2) is 21.6. The van der Waals surface area contributed by atoms with Crippen molar-refractivity contribution in [3.8, 4) is 17.1 Å². The molecular formula is C48H72N5O4+. The third-order valence-corrected chi connectivity index (χ3v) is 10.2. The lowest BCUT2D eigenvalue weighted by molar-refractivity contribution is -0.273. The van der Waals surface area contributed by atoms with Crippen LogP contribution in [0.15, 0.2) is 89.1 Å². The van der Waals surface area contributed by atoms with Crippen LogP contribution in [0.4, 0.5) is 11.6 Å². The van der Waals surface area contributed by atoms with E-state index in [0.29, 0.717) is 18.2 Å². The summed E-state index contributed by atoms with van der Waals surface area (Å²) in [5.74, 6) is 1.49. The molecule has 3 unspecified atom stereocenters. The molecule has 5 rings (SSSR count). The summed E-state index contributed by atoms with van der Waals surface area (Å²) in [5, 5.41) is 22.1. The number of fused-ring (bicyclic) bond motifs is 6. The van der Waals surface area contributed by atoms with Crippen molar-refractivity contribution in [3.05, 3.63) is 101 Å². The maximum Gasteiger partial charge on any atom is 0.279 e. The number of aromatic nitrogens is 2. The van der Waals surface area contributed by atoms with Gasteiger partial charge in [0, 0.05) is 41.6 Å². The van der Waals surface area contributed by atoms with Crippen LogP contribution >= 0.6 is 0 Å². The predicted octanol–water partition coefficient (Wildman–Crippen LogP) is 12.9. The first-order valence-corrected chi connectivity index (χ1v) is 20.8. The molecule has 4 bridgehead atoms. The largest absolute Gasteiger partial charge is 0.477 e.